The molecule has 1 saturated heterocycles. The highest BCUT2D eigenvalue weighted by molar-refractivity contribution is 7.11. The highest BCUT2D eigenvalue weighted by atomic mass is 32.1. The Labute approximate surface area is 117 Å². The van der Waals surface area contributed by atoms with Crippen molar-refractivity contribution < 1.29 is 14.3 Å². The minimum absolute atomic E-state index is 0.143. The van der Waals surface area contributed by atoms with E-state index < -0.39 is 5.60 Å². The number of thiazole rings is 1. The smallest absolute Gasteiger partial charge is 0.410 e. The van der Waals surface area contributed by atoms with Crippen molar-refractivity contribution in [3.8, 4) is 5.19 Å². The first-order valence-corrected chi connectivity index (χ1v) is 7.36. The summed E-state index contributed by atoms with van der Waals surface area (Å²) in [6.07, 6.45) is 3.28. The number of piperidine rings is 1. The fourth-order valence-electron chi connectivity index (χ4n) is 1.89. The molecule has 0 unspecified atom stereocenters. The Kier molecular flexibility index (Phi) is 4.29. The summed E-state index contributed by atoms with van der Waals surface area (Å²) in [5, 5.41) is 2.60. The van der Waals surface area contributed by atoms with Crippen LogP contribution in [-0.4, -0.2) is 40.8 Å². The lowest BCUT2D eigenvalue weighted by molar-refractivity contribution is 0.0126. The Balaban J connectivity index is 1.77. The van der Waals surface area contributed by atoms with Crippen molar-refractivity contribution in [2.45, 2.75) is 45.3 Å². The zero-order valence-electron chi connectivity index (χ0n) is 11.6. The van der Waals surface area contributed by atoms with Crippen LogP contribution in [0.5, 0.6) is 5.19 Å². The SMILES string of the molecule is CC(C)(C)OC(=O)N1CCC(Oc2nccs2)CC1. The van der Waals surface area contributed by atoms with E-state index in [-0.39, 0.29) is 12.2 Å². The zero-order chi connectivity index (χ0) is 13.9. The number of amides is 1. The van der Waals surface area contributed by atoms with Crippen LogP contribution in [0, 0.1) is 0 Å². The maximum atomic E-state index is 11.9. The van der Waals surface area contributed by atoms with Gasteiger partial charge in [-0.2, -0.15) is 0 Å². The summed E-state index contributed by atoms with van der Waals surface area (Å²) in [5.41, 5.74) is -0.439. The molecule has 106 valence electrons. The van der Waals surface area contributed by atoms with E-state index >= 15 is 0 Å². The molecule has 0 aromatic carbocycles. The maximum absolute atomic E-state index is 11.9. The van der Waals surface area contributed by atoms with Gasteiger partial charge in [0.2, 0.25) is 0 Å². The van der Waals surface area contributed by atoms with Gasteiger partial charge in [0.25, 0.3) is 5.19 Å². The number of carbonyl (C=O) groups excluding carboxylic acids is 1. The molecule has 1 aromatic rings. The molecule has 0 N–H and O–H groups in total. The van der Waals surface area contributed by atoms with Crippen LogP contribution in [0.2, 0.25) is 0 Å². The molecule has 6 heteroatoms. The number of carbonyl (C=O) groups is 1. The van der Waals surface area contributed by atoms with Crippen molar-refractivity contribution in [2.75, 3.05) is 13.1 Å². The average molecular weight is 284 g/mol. The van der Waals surface area contributed by atoms with E-state index in [1.807, 2.05) is 26.2 Å². The second-order valence-corrected chi connectivity index (χ2v) is 6.44. The molecule has 1 fully saturated rings. The van der Waals surface area contributed by atoms with Gasteiger partial charge in [0.05, 0.1) is 0 Å². The van der Waals surface area contributed by atoms with Gasteiger partial charge in [0, 0.05) is 37.5 Å². The summed E-state index contributed by atoms with van der Waals surface area (Å²) in [5.74, 6) is 0. The third-order valence-electron chi connectivity index (χ3n) is 2.77. The number of nitrogens with zero attached hydrogens (tertiary/aromatic N) is 2. The number of hydrogen-bond donors (Lipinski definition) is 0. The molecule has 19 heavy (non-hydrogen) atoms. The molecule has 2 rings (SSSR count). The minimum atomic E-state index is -0.439. The second kappa shape index (κ2) is 5.77. The molecule has 0 spiro atoms. The van der Waals surface area contributed by atoms with Gasteiger partial charge in [-0.3, -0.25) is 0 Å². The first-order chi connectivity index (χ1) is 8.94. The van der Waals surface area contributed by atoms with Crippen LogP contribution >= 0.6 is 11.3 Å². The van der Waals surface area contributed by atoms with Gasteiger partial charge in [-0.05, 0) is 20.8 Å². The lowest BCUT2D eigenvalue weighted by Gasteiger charge is -2.33. The van der Waals surface area contributed by atoms with Crippen LogP contribution < -0.4 is 4.74 Å². The third kappa shape index (κ3) is 4.38. The summed E-state index contributed by atoms with van der Waals surface area (Å²) in [6.45, 7) is 6.98. The summed E-state index contributed by atoms with van der Waals surface area (Å²) in [4.78, 5) is 17.7. The Morgan fingerprint density at radius 2 is 2.11 bits per heavy atom. The van der Waals surface area contributed by atoms with Gasteiger partial charge in [0.15, 0.2) is 0 Å². The first-order valence-electron chi connectivity index (χ1n) is 6.48. The van der Waals surface area contributed by atoms with E-state index in [1.165, 1.54) is 11.3 Å². The quantitative estimate of drug-likeness (QED) is 0.838. The number of rotatable bonds is 2. The van der Waals surface area contributed by atoms with Gasteiger partial charge in [0.1, 0.15) is 11.7 Å². The molecular weight excluding hydrogens is 264 g/mol. The van der Waals surface area contributed by atoms with E-state index in [0.29, 0.717) is 18.3 Å². The molecule has 5 nitrogen and oxygen atoms in total. The standard InChI is InChI=1S/C13H20N2O3S/c1-13(2,3)18-12(16)15-7-4-10(5-8-15)17-11-14-6-9-19-11/h6,9-10H,4-5,7-8H2,1-3H3. The van der Waals surface area contributed by atoms with Crippen LogP contribution in [0.4, 0.5) is 4.79 Å². The van der Waals surface area contributed by atoms with Gasteiger partial charge in [-0.25, -0.2) is 9.78 Å². The van der Waals surface area contributed by atoms with Crippen LogP contribution in [-0.2, 0) is 4.74 Å². The molecule has 1 aromatic heterocycles. The number of likely N-dealkylation sites (tertiary alicyclic amines) is 1. The van der Waals surface area contributed by atoms with Gasteiger partial charge in [-0.15, -0.1) is 0 Å². The second-order valence-electron chi connectivity index (χ2n) is 5.58. The van der Waals surface area contributed by atoms with Crippen LogP contribution in [0.25, 0.3) is 0 Å². The number of hydrogen-bond acceptors (Lipinski definition) is 5. The van der Waals surface area contributed by atoms with Crippen LogP contribution in [0.1, 0.15) is 33.6 Å². The largest absolute Gasteiger partial charge is 0.467 e. The molecule has 0 radical (unpaired) electrons. The summed E-state index contributed by atoms with van der Waals surface area (Å²) in [7, 11) is 0. The predicted octanol–water partition coefficient (Wildman–Crippen LogP) is 2.92. The van der Waals surface area contributed by atoms with Crippen molar-refractivity contribution in [2.24, 2.45) is 0 Å². The molecule has 0 bridgehead atoms. The molecule has 2 heterocycles. The third-order valence-corrected chi connectivity index (χ3v) is 3.43. The molecule has 0 saturated carbocycles. The average Bonchev–Trinajstić information content (AvgIpc) is 2.80. The van der Waals surface area contributed by atoms with Crippen molar-refractivity contribution >= 4 is 17.4 Å². The van der Waals surface area contributed by atoms with Crippen LogP contribution in [0.15, 0.2) is 11.6 Å². The van der Waals surface area contributed by atoms with Crippen LogP contribution in [0.3, 0.4) is 0 Å². The molecular formula is C13H20N2O3S. The molecule has 1 aliphatic rings. The minimum Gasteiger partial charge on any atom is -0.467 e. The fourth-order valence-corrected chi connectivity index (χ4v) is 2.45. The van der Waals surface area contributed by atoms with Crippen molar-refractivity contribution in [1.82, 2.24) is 9.88 Å². The molecule has 1 amide bonds. The van der Waals surface area contributed by atoms with Crippen molar-refractivity contribution in [1.29, 1.82) is 0 Å². The Bertz CT molecular complexity index is 406. The maximum Gasteiger partial charge on any atom is 0.410 e. The first kappa shape index (κ1) is 14.1. The van der Waals surface area contributed by atoms with E-state index in [9.17, 15) is 4.79 Å². The number of ether oxygens (including phenoxy) is 2. The molecule has 1 aliphatic heterocycles. The highest BCUT2D eigenvalue weighted by Crippen LogP contribution is 2.21. The summed E-state index contributed by atoms with van der Waals surface area (Å²) in [6, 6.07) is 0. The van der Waals surface area contributed by atoms with E-state index in [1.54, 1.807) is 11.1 Å². The van der Waals surface area contributed by atoms with E-state index in [4.69, 9.17) is 9.47 Å². The Hall–Kier alpha value is -1.30. The van der Waals surface area contributed by atoms with E-state index in [0.717, 1.165) is 12.8 Å². The van der Waals surface area contributed by atoms with Gasteiger partial charge >= 0.3 is 6.09 Å². The van der Waals surface area contributed by atoms with Gasteiger partial charge < -0.3 is 14.4 Å². The Morgan fingerprint density at radius 1 is 1.42 bits per heavy atom. The summed E-state index contributed by atoms with van der Waals surface area (Å²) < 4.78 is 11.1. The molecule has 0 aliphatic carbocycles. The van der Waals surface area contributed by atoms with Crippen molar-refractivity contribution in [3.05, 3.63) is 11.6 Å². The fraction of sp³-hybridized carbons (Fsp3) is 0.692. The monoisotopic (exact) mass is 284 g/mol. The summed E-state index contributed by atoms with van der Waals surface area (Å²) >= 11 is 1.49. The van der Waals surface area contributed by atoms with E-state index in [2.05, 4.69) is 4.98 Å². The Morgan fingerprint density at radius 3 is 2.63 bits per heavy atom. The topological polar surface area (TPSA) is 51.7 Å². The molecule has 0 atom stereocenters. The zero-order valence-corrected chi connectivity index (χ0v) is 12.4. The lowest BCUT2D eigenvalue weighted by Crippen LogP contribution is -2.44. The van der Waals surface area contributed by atoms with Gasteiger partial charge in [-0.1, -0.05) is 11.3 Å². The normalized spacial score (nSPS) is 17.3. The number of aromatic nitrogens is 1. The lowest BCUT2D eigenvalue weighted by atomic mass is 10.1. The van der Waals surface area contributed by atoms with Crippen molar-refractivity contribution in [3.63, 3.8) is 0 Å². The highest BCUT2D eigenvalue weighted by Gasteiger charge is 2.27. The predicted molar refractivity (Wildman–Crippen MR) is 73.6 cm³/mol.